The van der Waals surface area contributed by atoms with Gasteiger partial charge in [0.2, 0.25) is 0 Å². The molecule has 9 heavy (non-hydrogen) atoms. The Morgan fingerprint density at radius 1 is 1.78 bits per heavy atom. The van der Waals surface area contributed by atoms with Gasteiger partial charge in [-0.3, -0.25) is 5.32 Å². The van der Waals surface area contributed by atoms with Gasteiger partial charge in [-0.1, -0.05) is 6.92 Å². The molecular weight excluding hydrogens is 141 g/mol. The topological polar surface area (TPSA) is 61.4 Å². The first kappa shape index (κ1) is 8.98. The predicted molar refractivity (Wildman–Crippen MR) is 31.9 cm³/mol. The number of rotatable bonds is 5. The van der Waals surface area contributed by atoms with Crippen LogP contribution in [0.25, 0.3) is 0 Å². The molecule has 0 fully saturated rings. The van der Waals surface area contributed by atoms with E-state index in [4.69, 9.17) is 0 Å². The van der Waals surface area contributed by atoms with Gasteiger partial charge >= 0.3 is 8.25 Å². The quantitative estimate of drug-likeness (QED) is 0.340. The van der Waals surface area contributed by atoms with Crippen LogP contribution in [0.2, 0.25) is 0 Å². The maximum absolute atomic E-state index is 9.74. The molecule has 4 nitrogen and oxygen atoms in total. The lowest BCUT2D eigenvalue weighted by Crippen LogP contribution is -2.17. The van der Waals surface area contributed by atoms with Gasteiger partial charge in [0.05, 0.1) is 0 Å². The zero-order valence-electron chi connectivity index (χ0n) is 5.29. The van der Waals surface area contributed by atoms with E-state index in [-0.39, 0.29) is 6.73 Å². The third-order valence-corrected chi connectivity index (χ3v) is 1.04. The summed E-state index contributed by atoms with van der Waals surface area (Å²) in [4.78, 5) is 9.74. The van der Waals surface area contributed by atoms with E-state index in [0.29, 0.717) is 0 Å². The van der Waals surface area contributed by atoms with E-state index >= 15 is 0 Å². The van der Waals surface area contributed by atoms with Crippen molar-refractivity contribution in [2.45, 2.75) is 13.3 Å². The Morgan fingerprint density at radius 2 is 2.44 bits per heavy atom. The van der Waals surface area contributed by atoms with Gasteiger partial charge in [0.15, 0.2) is 6.73 Å². The molecule has 0 aromatic heterocycles. The van der Waals surface area contributed by atoms with Gasteiger partial charge in [-0.05, 0) is 17.5 Å². The molecule has 0 radical (unpaired) electrons. The second kappa shape index (κ2) is 6.11. The van der Waals surface area contributed by atoms with Gasteiger partial charge in [-0.15, -0.1) is 4.52 Å². The van der Waals surface area contributed by atoms with Crippen molar-refractivity contribution in [2.75, 3.05) is 13.3 Å². The lowest BCUT2D eigenvalue weighted by Gasteiger charge is -1.94. The van der Waals surface area contributed by atoms with Gasteiger partial charge in [0.25, 0.3) is 0 Å². The largest absolute Gasteiger partial charge is 0.566 e. The summed E-state index contributed by atoms with van der Waals surface area (Å²) in [6.45, 7) is 2.86. The fraction of sp³-hybridized carbons (Fsp3) is 1.00. The molecule has 1 N–H and O–H groups in total. The molecule has 0 saturated heterocycles. The minimum Gasteiger partial charge on any atom is -0.566 e. The zero-order valence-corrected chi connectivity index (χ0v) is 6.19. The average molecular weight is 151 g/mol. The summed E-state index contributed by atoms with van der Waals surface area (Å²) in [7, 11) is -2.68. The van der Waals surface area contributed by atoms with Crippen molar-refractivity contribution >= 4 is 8.25 Å². The molecule has 0 aromatic rings. The normalized spacial score (nSPS) is 11.6. The van der Waals surface area contributed by atoms with Crippen molar-refractivity contribution < 1.29 is 14.0 Å². The number of hydrogen-bond donors (Lipinski definition) is 1. The first-order valence-electron chi connectivity index (χ1n) is 2.75. The van der Waals surface area contributed by atoms with Crippen molar-refractivity contribution in [3.8, 4) is 0 Å². The van der Waals surface area contributed by atoms with Crippen molar-refractivity contribution in [1.82, 2.24) is 5.32 Å². The van der Waals surface area contributed by atoms with Crippen LogP contribution in [0.15, 0.2) is 0 Å². The smallest absolute Gasteiger partial charge is 0.489 e. The van der Waals surface area contributed by atoms with Crippen molar-refractivity contribution in [3.05, 3.63) is 0 Å². The standard InChI is InChI=1S/C4H10NO3P/c1-2-3-5-4-8-9(6)7/h5H,2-4H2,1H3. The van der Waals surface area contributed by atoms with Crippen LogP contribution < -0.4 is 10.2 Å². The molecule has 0 amide bonds. The van der Waals surface area contributed by atoms with E-state index in [2.05, 4.69) is 9.84 Å². The lowest BCUT2D eigenvalue weighted by atomic mass is 10.5. The molecule has 0 rings (SSSR count). The third-order valence-electron chi connectivity index (χ3n) is 0.699. The van der Waals surface area contributed by atoms with Crippen molar-refractivity contribution in [2.24, 2.45) is 0 Å². The summed E-state index contributed by atoms with van der Waals surface area (Å²) in [5, 5.41) is 2.76. The number of hydrogen-bond acceptors (Lipinski definition) is 4. The Kier molecular flexibility index (Phi) is 6.09. The lowest BCUT2D eigenvalue weighted by molar-refractivity contribution is -0.186. The Bertz CT molecular complexity index is 87.9. The molecule has 0 spiro atoms. The SMILES string of the molecule is CCCNCO[P+](=O)[O-]. The second-order valence-electron chi connectivity index (χ2n) is 1.50. The fourth-order valence-corrected chi connectivity index (χ4v) is 0.544. The summed E-state index contributed by atoms with van der Waals surface area (Å²) in [6, 6.07) is 0. The summed E-state index contributed by atoms with van der Waals surface area (Å²) in [5.41, 5.74) is 0. The van der Waals surface area contributed by atoms with E-state index in [0.717, 1.165) is 13.0 Å². The monoisotopic (exact) mass is 151 g/mol. The summed E-state index contributed by atoms with van der Waals surface area (Å²) < 4.78 is 13.9. The molecule has 0 bridgehead atoms. The molecule has 1 unspecified atom stereocenters. The average Bonchev–Trinajstić information content (AvgIpc) is 1.80. The highest BCUT2D eigenvalue weighted by Gasteiger charge is 1.97. The van der Waals surface area contributed by atoms with Crippen LogP contribution in [0.3, 0.4) is 0 Å². The van der Waals surface area contributed by atoms with Crippen molar-refractivity contribution in [3.63, 3.8) is 0 Å². The van der Waals surface area contributed by atoms with Crippen LogP contribution in [0, 0.1) is 0 Å². The van der Waals surface area contributed by atoms with Crippen LogP contribution in [0.5, 0.6) is 0 Å². The highest BCUT2D eigenvalue weighted by molar-refractivity contribution is 7.30. The third kappa shape index (κ3) is 7.98. The van der Waals surface area contributed by atoms with Crippen LogP contribution in [-0.2, 0) is 9.09 Å². The van der Waals surface area contributed by atoms with Gasteiger partial charge in [-0.2, -0.15) is 0 Å². The Labute approximate surface area is 55.2 Å². The Hall–Kier alpha value is -0.0200. The molecule has 5 heteroatoms. The summed E-state index contributed by atoms with van der Waals surface area (Å²) in [5.74, 6) is 0. The van der Waals surface area contributed by atoms with E-state index in [1.165, 1.54) is 0 Å². The molecule has 0 heterocycles. The molecule has 54 valence electrons. The maximum atomic E-state index is 9.74. The van der Waals surface area contributed by atoms with E-state index in [9.17, 15) is 9.46 Å². The minimum atomic E-state index is -2.68. The van der Waals surface area contributed by atoms with Crippen LogP contribution in [-0.4, -0.2) is 13.3 Å². The van der Waals surface area contributed by atoms with E-state index < -0.39 is 8.25 Å². The van der Waals surface area contributed by atoms with E-state index in [1.807, 2.05) is 6.92 Å². The predicted octanol–water partition coefficient (Wildman–Crippen LogP) is -0.0222. The molecular formula is C4H10NO3P. The fourth-order valence-electron chi connectivity index (χ4n) is 0.347. The molecule has 0 aliphatic heterocycles. The molecule has 0 aromatic carbocycles. The van der Waals surface area contributed by atoms with E-state index in [1.54, 1.807) is 0 Å². The van der Waals surface area contributed by atoms with Crippen LogP contribution in [0.4, 0.5) is 0 Å². The highest BCUT2D eigenvalue weighted by Crippen LogP contribution is 2.05. The highest BCUT2D eigenvalue weighted by atomic mass is 31.1. The van der Waals surface area contributed by atoms with Gasteiger partial charge in [-0.25, -0.2) is 0 Å². The zero-order chi connectivity index (χ0) is 7.11. The van der Waals surface area contributed by atoms with Crippen LogP contribution >= 0.6 is 8.25 Å². The van der Waals surface area contributed by atoms with Gasteiger partial charge < -0.3 is 4.89 Å². The van der Waals surface area contributed by atoms with Crippen molar-refractivity contribution in [1.29, 1.82) is 0 Å². The van der Waals surface area contributed by atoms with Gasteiger partial charge in [0, 0.05) is 0 Å². The Balaban J connectivity index is 2.83. The van der Waals surface area contributed by atoms with Crippen LogP contribution in [0.1, 0.15) is 13.3 Å². The molecule has 0 saturated carbocycles. The second-order valence-corrected chi connectivity index (χ2v) is 2.20. The Morgan fingerprint density at radius 3 is 2.89 bits per heavy atom. The molecule has 0 aliphatic rings. The number of nitrogens with one attached hydrogen (secondary N) is 1. The summed E-state index contributed by atoms with van der Waals surface area (Å²) >= 11 is 0. The maximum Gasteiger partial charge on any atom is 0.489 e. The minimum absolute atomic E-state index is 0.0898. The molecule has 1 atom stereocenters. The van der Waals surface area contributed by atoms with Gasteiger partial charge in [0.1, 0.15) is 0 Å². The molecule has 0 aliphatic carbocycles. The first-order chi connectivity index (χ1) is 4.27. The summed E-state index contributed by atoms with van der Waals surface area (Å²) in [6.07, 6.45) is 0.971. The first-order valence-corrected chi connectivity index (χ1v) is 3.85.